The standard InChI is InChI=1S/C30H33N3O3/c34-30(26-11-13-28(14-12-26)33(35)36)32-21-27(29(22-32)25-9-5-2-6-10-25)20-31-17-15-24(16-18-31)19-23-7-3-1-4-8-23/h1-14,24,27,29H,15-22H2. The number of non-ortho nitro benzene ring substituents is 1. The van der Waals surface area contributed by atoms with Gasteiger partial charge in [0.1, 0.15) is 0 Å². The Morgan fingerprint density at radius 1 is 0.861 bits per heavy atom. The summed E-state index contributed by atoms with van der Waals surface area (Å²) in [4.78, 5) is 28.4. The molecular formula is C30H33N3O3. The van der Waals surface area contributed by atoms with E-state index in [-0.39, 0.29) is 17.5 Å². The Bertz CT molecular complexity index is 1160. The topological polar surface area (TPSA) is 66.7 Å². The lowest BCUT2D eigenvalue weighted by Crippen LogP contribution is -2.39. The van der Waals surface area contributed by atoms with Crippen LogP contribution in [0.15, 0.2) is 84.9 Å². The molecule has 1 amide bonds. The molecule has 3 aromatic carbocycles. The van der Waals surface area contributed by atoms with Crippen molar-refractivity contribution in [1.82, 2.24) is 9.80 Å². The van der Waals surface area contributed by atoms with Gasteiger partial charge in [0.05, 0.1) is 4.92 Å². The van der Waals surface area contributed by atoms with E-state index in [4.69, 9.17) is 0 Å². The third-order valence-electron chi connectivity index (χ3n) is 7.85. The average molecular weight is 484 g/mol. The van der Waals surface area contributed by atoms with Crippen molar-refractivity contribution in [2.45, 2.75) is 25.2 Å². The zero-order valence-electron chi connectivity index (χ0n) is 20.5. The summed E-state index contributed by atoms with van der Waals surface area (Å²) in [5.74, 6) is 1.34. The van der Waals surface area contributed by atoms with Crippen LogP contribution >= 0.6 is 0 Å². The number of likely N-dealkylation sites (tertiary alicyclic amines) is 2. The molecule has 6 nitrogen and oxygen atoms in total. The lowest BCUT2D eigenvalue weighted by Gasteiger charge is -2.34. The van der Waals surface area contributed by atoms with Crippen molar-refractivity contribution >= 4 is 11.6 Å². The van der Waals surface area contributed by atoms with Gasteiger partial charge < -0.3 is 9.80 Å². The summed E-state index contributed by atoms with van der Waals surface area (Å²) in [5, 5.41) is 11.0. The fraction of sp³-hybridized carbons (Fsp3) is 0.367. The number of nitro benzene ring substituents is 1. The van der Waals surface area contributed by atoms with E-state index in [9.17, 15) is 14.9 Å². The molecule has 2 atom stereocenters. The molecule has 2 saturated heterocycles. The van der Waals surface area contributed by atoms with Crippen molar-refractivity contribution in [2.75, 3.05) is 32.7 Å². The average Bonchev–Trinajstić information content (AvgIpc) is 3.34. The van der Waals surface area contributed by atoms with Crippen molar-refractivity contribution in [3.8, 4) is 0 Å². The normalized spacial score (nSPS) is 20.9. The molecule has 186 valence electrons. The van der Waals surface area contributed by atoms with Crippen LogP contribution in [0.25, 0.3) is 0 Å². The first-order valence-electron chi connectivity index (χ1n) is 12.9. The van der Waals surface area contributed by atoms with Gasteiger partial charge in [-0.05, 0) is 67.4 Å². The molecule has 0 spiro atoms. The van der Waals surface area contributed by atoms with Gasteiger partial charge in [-0.3, -0.25) is 14.9 Å². The molecule has 2 aliphatic rings. The van der Waals surface area contributed by atoms with E-state index in [1.807, 2.05) is 11.0 Å². The van der Waals surface area contributed by atoms with Crippen molar-refractivity contribution in [3.05, 3.63) is 112 Å². The molecule has 0 bridgehead atoms. The Labute approximate surface area is 212 Å². The van der Waals surface area contributed by atoms with Gasteiger partial charge in [-0.25, -0.2) is 0 Å². The molecule has 2 unspecified atom stereocenters. The van der Waals surface area contributed by atoms with Gasteiger partial charge in [-0.2, -0.15) is 0 Å². The highest BCUT2D eigenvalue weighted by Gasteiger charge is 2.37. The highest BCUT2D eigenvalue weighted by Crippen LogP contribution is 2.35. The minimum Gasteiger partial charge on any atom is -0.338 e. The van der Waals surface area contributed by atoms with E-state index < -0.39 is 4.92 Å². The number of piperidine rings is 1. The first-order valence-corrected chi connectivity index (χ1v) is 12.9. The van der Waals surface area contributed by atoms with Gasteiger partial charge in [-0.15, -0.1) is 0 Å². The van der Waals surface area contributed by atoms with Crippen LogP contribution in [0.5, 0.6) is 0 Å². The molecule has 2 heterocycles. The predicted molar refractivity (Wildman–Crippen MR) is 141 cm³/mol. The van der Waals surface area contributed by atoms with E-state index in [1.54, 1.807) is 12.1 Å². The zero-order chi connectivity index (χ0) is 24.9. The van der Waals surface area contributed by atoms with Gasteiger partial charge in [-0.1, -0.05) is 60.7 Å². The SMILES string of the molecule is O=C(c1ccc([N+](=O)[O-])cc1)N1CC(CN2CCC(Cc3ccccc3)CC2)C(c2ccccc2)C1. The molecule has 0 N–H and O–H groups in total. The highest BCUT2D eigenvalue weighted by atomic mass is 16.6. The van der Waals surface area contributed by atoms with E-state index in [2.05, 4.69) is 59.5 Å². The van der Waals surface area contributed by atoms with Gasteiger partial charge >= 0.3 is 0 Å². The number of hydrogen-bond acceptors (Lipinski definition) is 4. The number of carbonyl (C=O) groups excluding carboxylic acids is 1. The fourth-order valence-electron chi connectivity index (χ4n) is 5.86. The van der Waals surface area contributed by atoms with Crippen LogP contribution in [0.4, 0.5) is 5.69 Å². The third kappa shape index (κ3) is 5.65. The molecule has 0 aromatic heterocycles. The lowest BCUT2D eigenvalue weighted by molar-refractivity contribution is -0.384. The van der Waals surface area contributed by atoms with E-state index in [0.717, 1.165) is 32.0 Å². The Morgan fingerprint density at radius 3 is 2.14 bits per heavy atom. The minimum atomic E-state index is -0.436. The van der Waals surface area contributed by atoms with Crippen LogP contribution in [-0.2, 0) is 6.42 Å². The lowest BCUT2D eigenvalue weighted by atomic mass is 9.86. The monoisotopic (exact) mass is 483 g/mol. The molecule has 0 radical (unpaired) electrons. The van der Waals surface area contributed by atoms with Crippen molar-refractivity contribution < 1.29 is 9.72 Å². The summed E-state index contributed by atoms with van der Waals surface area (Å²) in [6.07, 6.45) is 3.58. The Morgan fingerprint density at radius 2 is 1.50 bits per heavy atom. The van der Waals surface area contributed by atoms with Crippen LogP contribution in [0.2, 0.25) is 0 Å². The number of amides is 1. The molecule has 0 saturated carbocycles. The van der Waals surface area contributed by atoms with Crippen LogP contribution in [0.1, 0.15) is 40.2 Å². The summed E-state index contributed by atoms with van der Waals surface area (Å²) >= 11 is 0. The van der Waals surface area contributed by atoms with Crippen LogP contribution in [0.3, 0.4) is 0 Å². The van der Waals surface area contributed by atoms with E-state index in [1.165, 1.54) is 36.1 Å². The molecule has 3 aromatic rings. The molecular weight excluding hydrogens is 450 g/mol. The maximum Gasteiger partial charge on any atom is 0.269 e. The number of rotatable bonds is 7. The molecule has 2 fully saturated rings. The Kier molecular flexibility index (Phi) is 7.42. The maximum atomic E-state index is 13.3. The Hall–Kier alpha value is -3.51. The molecule has 2 aliphatic heterocycles. The van der Waals surface area contributed by atoms with Gasteiger partial charge in [0.15, 0.2) is 0 Å². The summed E-state index contributed by atoms with van der Waals surface area (Å²) in [6.45, 7) is 4.58. The summed E-state index contributed by atoms with van der Waals surface area (Å²) < 4.78 is 0. The second-order valence-electron chi connectivity index (χ2n) is 10.2. The quantitative estimate of drug-likeness (QED) is 0.333. The number of nitro groups is 1. The van der Waals surface area contributed by atoms with Crippen molar-refractivity contribution in [3.63, 3.8) is 0 Å². The van der Waals surface area contributed by atoms with Gasteiger partial charge in [0, 0.05) is 43.2 Å². The van der Waals surface area contributed by atoms with Gasteiger partial charge in [0.25, 0.3) is 11.6 Å². The van der Waals surface area contributed by atoms with E-state index in [0.29, 0.717) is 24.6 Å². The van der Waals surface area contributed by atoms with Crippen molar-refractivity contribution in [2.24, 2.45) is 11.8 Å². The van der Waals surface area contributed by atoms with Crippen LogP contribution < -0.4 is 0 Å². The smallest absolute Gasteiger partial charge is 0.269 e. The molecule has 0 aliphatic carbocycles. The summed E-state index contributed by atoms with van der Waals surface area (Å²) in [6, 6.07) is 27.3. The highest BCUT2D eigenvalue weighted by molar-refractivity contribution is 5.94. The zero-order valence-corrected chi connectivity index (χ0v) is 20.5. The third-order valence-corrected chi connectivity index (χ3v) is 7.85. The number of carbonyl (C=O) groups is 1. The second-order valence-corrected chi connectivity index (χ2v) is 10.2. The molecule has 6 heteroatoms. The van der Waals surface area contributed by atoms with Gasteiger partial charge in [0.2, 0.25) is 0 Å². The summed E-state index contributed by atoms with van der Waals surface area (Å²) in [7, 11) is 0. The first-order chi connectivity index (χ1) is 17.6. The van der Waals surface area contributed by atoms with Crippen molar-refractivity contribution in [1.29, 1.82) is 0 Å². The molecule has 5 rings (SSSR count). The second kappa shape index (κ2) is 11.0. The Balaban J connectivity index is 1.24. The van der Waals surface area contributed by atoms with Crippen LogP contribution in [-0.4, -0.2) is 53.4 Å². The fourth-order valence-corrected chi connectivity index (χ4v) is 5.86. The first kappa shape index (κ1) is 24.2. The number of benzene rings is 3. The number of nitrogens with zero attached hydrogens (tertiary/aromatic N) is 3. The predicted octanol–water partition coefficient (Wildman–Crippen LogP) is 5.41. The van der Waals surface area contributed by atoms with Crippen LogP contribution in [0, 0.1) is 22.0 Å². The molecule has 36 heavy (non-hydrogen) atoms. The largest absolute Gasteiger partial charge is 0.338 e. The maximum absolute atomic E-state index is 13.3. The summed E-state index contributed by atoms with van der Waals surface area (Å²) in [5.41, 5.74) is 3.22. The number of hydrogen-bond donors (Lipinski definition) is 0. The minimum absolute atomic E-state index is 0.00341. The van der Waals surface area contributed by atoms with E-state index >= 15 is 0 Å².